The zero-order valence-electron chi connectivity index (χ0n) is 7.12. The van der Waals surface area contributed by atoms with Crippen molar-refractivity contribution in [1.29, 1.82) is 5.26 Å². The van der Waals surface area contributed by atoms with Gasteiger partial charge in [-0.2, -0.15) is 5.26 Å². The topological polar surface area (TPSA) is 93.9 Å². The number of nitrogens with one attached hydrogen (secondary N) is 1. The highest BCUT2D eigenvalue weighted by atomic mass is 19.3. The summed E-state index contributed by atoms with van der Waals surface area (Å²) in [6.45, 7) is 0. The number of pyridine rings is 1. The van der Waals surface area contributed by atoms with Crippen LogP contribution in [0, 0.1) is 11.3 Å². The number of halogens is 2. The predicted octanol–water partition coefficient (Wildman–Crippen LogP) is 0.882. The van der Waals surface area contributed by atoms with Crippen LogP contribution in [0.4, 0.5) is 8.78 Å². The second kappa shape index (κ2) is 3.88. The fourth-order valence-electron chi connectivity index (χ4n) is 0.987. The maximum atomic E-state index is 12.3. The molecule has 0 unspecified atom stereocenters. The Bertz CT molecular complexity index is 502. The molecule has 2 N–H and O–H groups in total. The average molecular weight is 214 g/mol. The van der Waals surface area contributed by atoms with Crippen molar-refractivity contribution in [1.82, 2.24) is 4.98 Å². The Kier molecular flexibility index (Phi) is 2.80. The van der Waals surface area contributed by atoms with Crippen LogP contribution < -0.4 is 5.43 Å². The Hall–Kier alpha value is -2.23. The summed E-state index contributed by atoms with van der Waals surface area (Å²) in [5.41, 5.74) is -3.69. The molecule has 0 aromatic carbocycles. The van der Waals surface area contributed by atoms with E-state index in [1.165, 1.54) is 6.07 Å². The van der Waals surface area contributed by atoms with Crippen molar-refractivity contribution in [3.05, 3.63) is 33.2 Å². The van der Waals surface area contributed by atoms with Gasteiger partial charge in [0.2, 0.25) is 5.43 Å². The summed E-state index contributed by atoms with van der Waals surface area (Å²) in [5.74, 6) is -1.58. The van der Waals surface area contributed by atoms with Crippen LogP contribution in [-0.4, -0.2) is 16.1 Å². The molecule has 1 aromatic rings. The van der Waals surface area contributed by atoms with Crippen LogP contribution in [-0.2, 0) is 0 Å². The minimum atomic E-state index is -3.03. The van der Waals surface area contributed by atoms with E-state index in [0.29, 0.717) is 6.20 Å². The second-order valence-electron chi connectivity index (χ2n) is 2.54. The lowest BCUT2D eigenvalue weighted by atomic mass is 10.1. The fourth-order valence-corrected chi connectivity index (χ4v) is 0.987. The number of alkyl halides is 2. The number of aromatic nitrogens is 1. The molecule has 0 amide bonds. The van der Waals surface area contributed by atoms with Crippen molar-refractivity contribution in [2.45, 2.75) is 6.43 Å². The van der Waals surface area contributed by atoms with E-state index in [2.05, 4.69) is 0 Å². The molecule has 0 saturated heterocycles. The molecule has 7 heteroatoms. The van der Waals surface area contributed by atoms with Crippen molar-refractivity contribution in [3.8, 4) is 6.07 Å². The van der Waals surface area contributed by atoms with E-state index < -0.39 is 34.6 Å². The minimum Gasteiger partial charge on any atom is -0.477 e. The van der Waals surface area contributed by atoms with E-state index >= 15 is 0 Å². The quantitative estimate of drug-likeness (QED) is 0.764. The first kappa shape index (κ1) is 10.8. The van der Waals surface area contributed by atoms with Gasteiger partial charge in [0.15, 0.2) is 0 Å². The molecule has 1 rings (SSSR count). The van der Waals surface area contributed by atoms with Gasteiger partial charge in [0, 0.05) is 6.20 Å². The number of aromatic amines is 1. The molecule has 1 heterocycles. The van der Waals surface area contributed by atoms with Gasteiger partial charge in [-0.1, -0.05) is 0 Å². The zero-order chi connectivity index (χ0) is 11.6. The van der Waals surface area contributed by atoms with Crippen LogP contribution in [0.3, 0.4) is 0 Å². The zero-order valence-corrected chi connectivity index (χ0v) is 7.12. The fraction of sp³-hybridized carbons (Fsp3) is 0.125. The standard InChI is InChI=1S/C8H4F2N2O3/c9-7(10)5-3(1-11)6(13)4(2-12-5)8(14)15/h2,7H,(H,12,13)(H,14,15). The molecular weight excluding hydrogens is 210 g/mol. The van der Waals surface area contributed by atoms with Crippen molar-refractivity contribution in [2.24, 2.45) is 0 Å². The van der Waals surface area contributed by atoms with Gasteiger partial charge < -0.3 is 10.1 Å². The predicted molar refractivity (Wildman–Crippen MR) is 43.7 cm³/mol. The highest BCUT2D eigenvalue weighted by molar-refractivity contribution is 5.87. The van der Waals surface area contributed by atoms with E-state index in [1.807, 2.05) is 4.98 Å². The Morgan fingerprint density at radius 3 is 2.60 bits per heavy atom. The number of nitrogens with zero attached hydrogens (tertiary/aromatic N) is 1. The van der Waals surface area contributed by atoms with E-state index in [9.17, 15) is 18.4 Å². The lowest BCUT2D eigenvalue weighted by Gasteiger charge is -2.02. The van der Waals surface area contributed by atoms with Crippen LogP contribution in [0.15, 0.2) is 11.0 Å². The van der Waals surface area contributed by atoms with Crippen molar-refractivity contribution in [3.63, 3.8) is 0 Å². The molecule has 0 bridgehead atoms. The molecule has 0 aliphatic carbocycles. The number of H-pyrrole nitrogens is 1. The first-order valence-electron chi connectivity index (χ1n) is 3.66. The Morgan fingerprint density at radius 1 is 1.60 bits per heavy atom. The third kappa shape index (κ3) is 1.83. The molecule has 0 fully saturated rings. The molecule has 1 aromatic heterocycles. The number of hydrogen-bond acceptors (Lipinski definition) is 3. The molecular formula is C8H4F2N2O3. The lowest BCUT2D eigenvalue weighted by Crippen LogP contribution is -2.20. The molecule has 0 saturated carbocycles. The first-order valence-corrected chi connectivity index (χ1v) is 3.66. The normalized spacial score (nSPS) is 10.0. The van der Waals surface area contributed by atoms with Gasteiger partial charge in [-0.3, -0.25) is 4.79 Å². The molecule has 15 heavy (non-hydrogen) atoms. The van der Waals surface area contributed by atoms with Gasteiger partial charge >= 0.3 is 5.97 Å². The number of carboxylic acids is 1. The second-order valence-corrected chi connectivity index (χ2v) is 2.54. The maximum Gasteiger partial charge on any atom is 0.341 e. The average Bonchev–Trinajstić information content (AvgIpc) is 2.16. The van der Waals surface area contributed by atoms with Gasteiger partial charge in [0.1, 0.15) is 22.9 Å². The van der Waals surface area contributed by atoms with Crippen LogP contribution in [0.5, 0.6) is 0 Å². The van der Waals surface area contributed by atoms with Crippen LogP contribution >= 0.6 is 0 Å². The number of carboxylic acid groups (broad SMARTS) is 1. The number of nitriles is 1. The molecule has 0 atom stereocenters. The third-order valence-electron chi connectivity index (χ3n) is 1.67. The van der Waals surface area contributed by atoms with Crippen LogP contribution in [0.1, 0.15) is 28.0 Å². The summed E-state index contributed by atoms with van der Waals surface area (Å²) in [4.78, 5) is 23.6. The van der Waals surface area contributed by atoms with Crippen LogP contribution in [0.25, 0.3) is 0 Å². The van der Waals surface area contributed by atoms with Gasteiger partial charge in [0.25, 0.3) is 6.43 Å². The Balaban J connectivity index is 3.56. The van der Waals surface area contributed by atoms with Gasteiger partial charge in [-0.15, -0.1) is 0 Å². The summed E-state index contributed by atoms with van der Waals surface area (Å²) < 4.78 is 24.5. The molecule has 0 radical (unpaired) electrons. The van der Waals surface area contributed by atoms with Gasteiger partial charge in [-0.25, -0.2) is 13.6 Å². The molecule has 78 valence electrons. The summed E-state index contributed by atoms with van der Waals surface area (Å²) in [6, 6.07) is 1.25. The van der Waals surface area contributed by atoms with Gasteiger partial charge in [0.05, 0.1) is 0 Å². The largest absolute Gasteiger partial charge is 0.477 e. The maximum absolute atomic E-state index is 12.3. The first-order chi connectivity index (χ1) is 6.99. The summed E-state index contributed by atoms with van der Waals surface area (Å²) in [7, 11) is 0. The highest BCUT2D eigenvalue weighted by Gasteiger charge is 2.20. The van der Waals surface area contributed by atoms with E-state index in [0.717, 1.165) is 0 Å². The van der Waals surface area contributed by atoms with Crippen molar-refractivity contribution in [2.75, 3.05) is 0 Å². The third-order valence-corrected chi connectivity index (χ3v) is 1.67. The molecule has 5 nitrogen and oxygen atoms in total. The number of aromatic carboxylic acids is 1. The van der Waals surface area contributed by atoms with Gasteiger partial charge in [-0.05, 0) is 0 Å². The highest BCUT2D eigenvalue weighted by Crippen LogP contribution is 2.17. The number of carbonyl (C=O) groups is 1. The Labute approximate surface area is 81.6 Å². The minimum absolute atomic E-state index is 0.646. The molecule has 0 spiro atoms. The number of hydrogen-bond donors (Lipinski definition) is 2. The van der Waals surface area contributed by atoms with Crippen molar-refractivity contribution < 1.29 is 18.7 Å². The summed E-state index contributed by atoms with van der Waals surface area (Å²) in [6.07, 6.45) is -2.39. The molecule has 0 aliphatic heterocycles. The smallest absolute Gasteiger partial charge is 0.341 e. The monoisotopic (exact) mass is 214 g/mol. The van der Waals surface area contributed by atoms with E-state index in [-0.39, 0.29) is 0 Å². The summed E-state index contributed by atoms with van der Waals surface area (Å²) >= 11 is 0. The van der Waals surface area contributed by atoms with E-state index in [1.54, 1.807) is 0 Å². The van der Waals surface area contributed by atoms with Crippen LogP contribution in [0.2, 0.25) is 0 Å². The lowest BCUT2D eigenvalue weighted by molar-refractivity contribution is 0.0694. The SMILES string of the molecule is N#Cc1c(C(F)F)[nH]cc(C(=O)O)c1=O. The molecule has 0 aliphatic rings. The Morgan fingerprint density at radius 2 is 2.20 bits per heavy atom. The van der Waals surface area contributed by atoms with Crippen molar-refractivity contribution >= 4 is 5.97 Å². The number of rotatable bonds is 2. The van der Waals surface area contributed by atoms with E-state index in [4.69, 9.17) is 10.4 Å². The summed E-state index contributed by atoms with van der Waals surface area (Å²) in [5, 5.41) is 17.0.